The molecular weight excluding hydrogens is 294 g/mol. The number of nitrogens with zero attached hydrogens (tertiary/aromatic N) is 1. The second kappa shape index (κ2) is 5.71. The molecule has 1 heterocycles. The van der Waals surface area contributed by atoms with Gasteiger partial charge in [-0.25, -0.2) is 0 Å². The Morgan fingerprint density at radius 3 is 2.83 bits per heavy atom. The molecule has 1 saturated heterocycles. The monoisotopic (exact) mass is 311 g/mol. The lowest BCUT2D eigenvalue weighted by molar-refractivity contribution is 0.100. The van der Waals surface area contributed by atoms with Gasteiger partial charge in [0.1, 0.15) is 0 Å². The first-order valence-electron chi connectivity index (χ1n) is 6.19. The molecule has 1 fully saturated rings. The van der Waals surface area contributed by atoms with Gasteiger partial charge in [-0.05, 0) is 53.4 Å². The molecule has 0 radical (unpaired) electrons. The molecule has 1 aliphatic rings. The molecule has 4 nitrogen and oxygen atoms in total. The SMILES string of the molecule is NCC1CCCCN1c1ccc(C(N)=O)cc1Br. The summed E-state index contributed by atoms with van der Waals surface area (Å²) in [5, 5.41) is 0. The van der Waals surface area contributed by atoms with Gasteiger partial charge in [-0.1, -0.05) is 0 Å². The number of carbonyl (C=O) groups is 1. The van der Waals surface area contributed by atoms with Crippen molar-refractivity contribution in [3.05, 3.63) is 28.2 Å². The van der Waals surface area contributed by atoms with E-state index >= 15 is 0 Å². The number of rotatable bonds is 3. The van der Waals surface area contributed by atoms with Crippen LogP contribution in [0.5, 0.6) is 0 Å². The molecule has 1 aliphatic heterocycles. The van der Waals surface area contributed by atoms with Crippen LogP contribution in [0.15, 0.2) is 22.7 Å². The zero-order chi connectivity index (χ0) is 13.1. The third-order valence-electron chi connectivity index (χ3n) is 3.44. The van der Waals surface area contributed by atoms with Crippen molar-refractivity contribution in [2.45, 2.75) is 25.3 Å². The summed E-state index contributed by atoms with van der Waals surface area (Å²) in [5.74, 6) is -0.406. The summed E-state index contributed by atoms with van der Waals surface area (Å²) in [7, 11) is 0. The summed E-state index contributed by atoms with van der Waals surface area (Å²) < 4.78 is 0.902. The van der Waals surface area contributed by atoms with E-state index in [0.717, 1.165) is 23.1 Å². The van der Waals surface area contributed by atoms with Crippen molar-refractivity contribution < 1.29 is 4.79 Å². The van der Waals surface area contributed by atoms with E-state index in [4.69, 9.17) is 11.5 Å². The summed E-state index contributed by atoms with van der Waals surface area (Å²) in [4.78, 5) is 13.4. The van der Waals surface area contributed by atoms with Crippen LogP contribution in [0.4, 0.5) is 5.69 Å². The molecule has 0 aliphatic carbocycles. The van der Waals surface area contributed by atoms with Crippen molar-refractivity contribution in [1.82, 2.24) is 0 Å². The number of nitrogens with two attached hydrogens (primary N) is 2. The van der Waals surface area contributed by atoms with E-state index in [9.17, 15) is 4.79 Å². The number of halogens is 1. The van der Waals surface area contributed by atoms with Crippen molar-refractivity contribution in [3.8, 4) is 0 Å². The van der Waals surface area contributed by atoms with Gasteiger partial charge in [0.15, 0.2) is 0 Å². The van der Waals surface area contributed by atoms with Crippen molar-refractivity contribution >= 4 is 27.5 Å². The van der Waals surface area contributed by atoms with Crippen LogP contribution in [-0.2, 0) is 0 Å². The van der Waals surface area contributed by atoms with Gasteiger partial charge in [-0.15, -0.1) is 0 Å². The number of piperidine rings is 1. The van der Waals surface area contributed by atoms with E-state index in [1.165, 1.54) is 12.8 Å². The molecule has 4 N–H and O–H groups in total. The fourth-order valence-electron chi connectivity index (χ4n) is 2.46. The van der Waals surface area contributed by atoms with Gasteiger partial charge in [0.25, 0.3) is 0 Å². The minimum atomic E-state index is -0.406. The average molecular weight is 312 g/mol. The number of amides is 1. The van der Waals surface area contributed by atoms with Gasteiger partial charge >= 0.3 is 0 Å². The van der Waals surface area contributed by atoms with E-state index in [2.05, 4.69) is 20.8 Å². The van der Waals surface area contributed by atoms with Crippen LogP contribution in [0.2, 0.25) is 0 Å². The Labute approximate surface area is 115 Å². The minimum absolute atomic E-state index is 0.384. The molecule has 98 valence electrons. The van der Waals surface area contributed by atoms with Gasteiger partial charge in [-0.3, -0.25) is 4.79 Å². The van der Waals surface area contributed by atoms with E-state index < -0.39 is 5.91 Å². The third-order valence-corrected chi connectivity index (χ3v) is 4.08. The first-order chi connectivity index (χ1) is 8.63. The summed E-state index contributed by atoms with van der Waals surface area (Å²) in [6.45, 7) is 1.67. The predicted molar refractivity (Wildman–Crippen MR) is 76.7 cm³/mol. The van der Waals surface area contributed by atoms with Crippen molar-refractivity contribution in [1.29, 1.82) is 0 Å². The Bertz CT molecular complexity index is 450. The Morgan fingerprint density at radius 2 is 2.22 bits per heavy atom. The second-order valence-corrected chi connectivity index (χ2v) is 5.46. The Morgan fingerprint density at radius 1 is 1.44 bits per heavy atom. The Kier molecular flexibility index (Phi) is 4.24. The van der Waals surface area contributed by atoms with Crippen LogP contribution >= 0.6 is 15.9 Å². The smallest absolute Gasteiger partial charge is 0.248 e. The quantitative estimate of drug-likeness (QED) is 0.895. The number of primary amides is 1. The maximum absolute atomic E-state index is 11.1. The molecule has 1 unspecified atom stereocenters. The van der Waals surface area contributed by atoms with Crippen molar-refractivity contribution in [2.75, 3.05) is 18.0 Å². The van der Waals surface area contributed by atoms with E-state index in [-0.39, 0.29) is 0 Å². The maximum atomic E-state index is 11.1. The highest BCUT2D eigenvalue weighted by atomic mass is 79.9. The standard InChI is InChI=1S/C13H18BrN3O/c14-11-7-9(13(16)18)4-5-12(11)17-6-2-1-3-10(17)8-15/h4-5,7,10H,1-3,6,8,15H2,(H2,16,18). The number of hydrogen-bond acceptors (Lipinski definition) is 3. The zero-order valence-electron chi connectivity index (χ0n) is 10.2. The van der Waals surface area contributed by atoms with Gasteiger partial charge in [0.05, 0.1) is 5.69 Å². The van der Waals surface area contributed by atoms with Crippen LogP contribution in [0, 0.1) is 0 Å². The van der Waals surface area contributed by atoms with Gasteiger partial charge in [0, 0.05) is 29.2 Å². The number of anilines is 1. The number of carbonyl (C=O) groups excluding carboxylic acids is 1. The highest BCUT2D eigenvalue weighted by molar-refractivity contribution is 9.10. The predicted octanol–water partition coefficient (Wildman–Crippen LogP) is 1.87. The normalized spacial score (nSPS) is 19.9. The van der Waals surface area contributed by atoms with E-state index in [1.807, 2.05) is 6.07 Å². The zero-order valence-corrected chi connectivity index (χ0v) is 11.8. The first kappa shape index (κ1) is 13.4. The van der Waals surface area contributed by atoms with Gasteiger partial charge in [0.2, 0.25) is 5.91 Å². The van der Waals surface area contributed by atoms with Crippen molar-refractivity contribution in [3.63, 3.8) is 0 Å². The average Bonchev–Trinajstić information content (AvgIpc) is 2.38. The summed E-state index contributed by atoms with van der Waals surface area (Å²) >= 11 is 3.52. The van der Waals surface area contributed by atoms with Crippen molar-refractivity contribution in [2.24, 2.45) is 11.5 Å². The van der Waals surface area contributed by atoms with E-state index in [1.54, 1.807) is 12.1 Å². The highest BCUT2D eigenvalue weighted by Crippen LogP contribution is 2.31. The van der Waals surface area contributed by atoms with Gasteiger partial charge in [-0.2, -0.15) is 0 Å². The molecule has 0 aromatic heterocycles. The number of benzene rings is 1. The molecule has 2 rings (SSSR count). The lowest BCUT2D eigenvalue weighted by Crippen LogP contribution is -2.44. The summed E-state index contributed by atoms with van der Waals surface area (Å²) in [6, 6.07) is 5.87. The second-order valence-electron chi connectivity index (χ2n) is 4.61. The molecule has 1 aromatic carbocycles. The Hall–Kier alpha value is -1.07. The fourth-order valence-corrected chi connectivity index (χ4v) is 3.06. The molecule has 18 heavy (non-hydrogen) atoms. The Balaban J connectivity index is 2.29. The summed E-state index contributed by atoms with van der Waals surface area (Å²) in [5.41, 5.74) is 12.7. The molecule has 0 spiro atoms. The van der Waals surface area contributed by atoms with E-state index in [0.29, 0.717) is 18.2 Å². The molecule has 0 saturated carbocycles. The van der Waals surface area contributed by atoms with Crippen LogP contribution in [0.25, 0.3) is 0 Å². The lowest BCUT2D eigenvalue weighted by Gasteiger charge is -2.37. The molecular formula is C13H18BrN3O. The van der Waals surface area contributed by atoms with Gasteiger partial charge < -0.3 is 16.4 Å². The summed E-state index contributed by atoms with van der Waals surface area (Å²) in [6.07, 6.45) is 3.54. The molecule has 1 atom stereocenters. The van der Waals surface area contributed by atoms with Crippen LogP contribution in [0.1, 0.15) is 29.6 Å². The molecule has 1 aromatic rings. The van der Waals surface area contributed by atoms with Crippen LogP contribution < -0.4 is 16.4 Å². The highest BCUT2D eigenvalue weighted by Gasteiger charge is 2.23. The molecule has 5 heteroatoms. The fraction of sp³-hybridized carbons (Fsp3) is 0.462. The lowest BCUT2D eigenvalue weighted by atomic mass is 10.0. The maximum Gasteiger partial charge on any atom is 0.248 e. The topological polar surface area (TPSA) is 72.3 Å². The molecule has 1 amide bonds. The molecule has 0 bridgehead atoms. The largest absolute Gasteiger partial charge is 0.366 e. The third kappa shape index (κ3) is 2.67. The van der Waals surface area contributed by atoms with Crippen LogP contribution in [-0.4, -0.2) is 25.0 Å². The van der Waals surface area contributed by atoms with Crippen LogP contribution in [0.3, 0.4) is 0 Å². The first-order valence-corrected chi connectivity index (χ1v) is 6.99. The minimum Gasteiger partial charge on any atom is -0.366 e. The number of hydrogen-bond donors (Lipinski definition) is 2.